The SMILES string of the molecule is COc1ccc(S(=O)(=O)N(CCO)CCO)cc1C(=O)[O-]. The van der Waals surface area contributed by atoms with Crippen molar-refractivity contribution in [1.29, 1.82) is 0 Å². The van der Waals surface area contributed by atoms with E-state index in [0.717, 1.165) is 10.4 Å². The first-order chi connectivity index (χ1) is 9.88. The van der Waals surface area contributed by atoms with Gasteiger partial charge in [-0.3, -0.25) is 0 Å². The second kappa shape index (κ2) is 7.36. The van der Waals surface area contributed by atoms with Crippen molar-refractivity contribution in [3.63, 3.8) is 0 Å². The van der Waals surface area contributed by atoms with Gasteiger partial charge in [-0.25, -0.2) is 8.42 Å². The lowest BCUT2D eigenvalue weighted by atomic mass is 10.2. The number of carboxylic acid groups (broad SMARTS) is 1. The lowest BCUT2D eigenvalue weighted by molar-refractivity contribution is -0.255. The number of benzene rings is 1. The molecule has 0 unspecified atom stereocenters. The molecule has 0 fully saturated rings. The van der Waals surface area contributed by atoms with Crippen molar-refractivity contribution in [3.05, 3.63) is 23.8 Å². The van der Waals surface area contributed by atoms with E-state index in [2.05, 4.69) is 0 Å². The average molecular weight is 318 g/mol. The summed E-state index contributed by atoms with van der Waals surface area (Å²) < 4.78 is 30.3. The van der Waals surface area contributed by atoms with Crippen molar-refractivity contribution in [1.82, 2.24) is 4.31 Å². The summed E-state index contributed by atoms with van der Waals surface area (Å²) in [6, 6.07) is 3.31. The number of carboxylic acids is 1. The number of methoxy groups -OCH3 is 1. The number of aliphatic hydroxyl groups is 2. The van der Waals surface area contributed by atoms with E-state index in [9.17, 15) is 18.3 Å². The molecule has 0 saturated carbocycles. The quantitative estimate of drug-likeness (QED) is 0.569. The minimum atomic E-state index is -4.04. The fourth-order valence-electron chi connectivity index (χ4n) is 1.73. The van der Waals surface area contributed by atoms with Crippen LogP contribution in [-0.4, -0.2) is 62.3 Å². The first-order valence-corrected chi connectivity index (χ1v) is 7.43. The summed E-state index contributed by atoms with van der Waals surface area (Å²) in [6.07, 6.45) is 0. The van der Waals surface area contributed by atoms with Crippen LogP contribution >= 0.6 is 0 Å². The number of aliphatic hydroxyl groups excluding tert-OH is 2. The van der Waals surface area contributed by atoms with E-state index in [4.69, 9.17) is 14.9 Å². The fraction of sp³-hybridized carbons (Fsp3) is 0.417. The minimum absolute atomic E-state index is 0.0233. The molecule has 0 aliphatic rings. The predicted molar refractivity (Wildman–Crippen MR) is 70.3 cm³/mol. The zero-order valence-corrected chi connectivity index (χ0v) is 12.2. The van der Waals surface area contributed by atoms with E-state index >= 15 is 0 Å². The van der Waals surface area contributed by atoms with Crippen LogP contribution in [0, 0.1) is 0 Å². The van der Waals surface area contributed by atoms with Gasteiger partial charge < -0.3 is 24.9 Å². The lowest BCUT2D eigenvalue weighted by Gasteiger charge is -2.21. The predicted octanol–water partition coefficient (Wildman–Crippen LogP) is -1.97. The highest BCUT2D eigenvalue weighted by Gasteiger charge is 2.24. The standard InChI is InChI=1S/C12H17NO7S/c1-20-11-3-2-9(8-10(11)12(16)17)21(18,19)13(4-6-14)5-7-15/h2-3,8,14-15H,4-7H2,1H3,(H,16,17)/p-1. The smallest absolute Gasteiger partial charge is 0.243 e. The molecule has 0 heterocycles. The molecule has 8 nitrogen and oxygen atoms in total. The molecule has 2 N–H and O–H groups in total. The van der Waals surface area contributed by atoms with Crippen LogP contribution in [0.4, 0.5) is 0 Å². The van der Waals surface area contributed by atoms with Crippen molar-refractivity contribution in [3.8, 4) is 5.75 Å². The Morgan fingerprint density at radius 3 is 2.29 bits per heavy atom. The van der Waals surface area contributed by atoms with Gasteiger partial charge in [0, 0.05) is 18.7 Å². The van der Waals surface area contributed by atoms with Gasteiger partial charge in [0.2, 0.25) is 10.0 Å². The van der Waals surface area contributed by atoms with Crippen molar-refractivity contribution in [2.75, 3.05) is 33.4 Å². The molecule has 0 aliphatic carbocycles. The topological polar surface area (TPSA) is 127 Å². The Bertz CT molecular complexity index is 594. The molecule has 0 radical (unpaired) electrons. The molecule has 21 heavy (non-hydrogen) atoms. The van der Waals surface area contributed by atoms with Crippen LogP contribution in [0.5, 0.6) is 5.75 Å². The van der Waals surface area contributed by atoms with Gasteiger partial charge in [-0.2, -0.15) is 4.31 Å². The Morgan fingerprint density at radius 2 is 1.86 bits per heavy atom. The number of ether oxygens (including phenoxy) is 1. The number of aromatic carboxylic acids is 1. The number of hydrogen-bond donors (Lipinski definition) is 2. The number of sulfonamides is 1. The summed E-state index contributed by atoms with van der Waals surface area (Å²) >= 11 is 0. The third-order valence-corrected chi connectivity index (χ3v) is 4.62. The van der Waals surface area contributed by atoms with E-state index in [1.165, 1.54) is 19.2 Å². The van der Waals surface area contributed by atoms with Crippen molar-refractivity contribution >= 4 is 16.0 Å². The lowest BCUT2D eigenvalue weighted by Crippen LogP contribution is -2.36. The molecule has 0 atom stereocenters. The van der Waals surface area contributed by atoms with Crippen LogP contribution in [-0.2, 0) is 10.0 Å². The maximum absolute atomic E-state index is 12.3. The summed E-state index contributed by atoms with van der Waals surface area (Å²) in [7, 11) is -2.79. The fourth-order valence-corrected chi connectivity index (χ4v) is 3.18. The minimum Gasteiger partial charge on any atom is -0.545 e. The van der Waals surface area contributed by atoms with Crippen molar-refractivity contribution in [2.24, 2.45) is 0 Å². The zero-order valence-electron chi connectivity index (χ0n) is 11.4. The molecule has 118 valence electrons. The summed E-state index contributed by atoms with van der Waals surface area (Å²) in [5.41, 5.74) is -0.397. The number of rotatable bonds is 8. The van der Waals surface area contributed by atoms with Crippen molar-refractivity contribution < 1.29 is 33.3 Å². The number of hydrogen-bond acceptors (Lipinski definition) is 7. The Kier molecular flexibility index (Phi) is 6.09. The van der Waals surface area contributed by atoms with Gasteiger partial charge in [0.15, 0.2) is 0 Å². The van der Waals surface area contributed by atoms with Crippen molar-refractivity contribution in [2.45, 2.75) is 4.90 Å². The van der Waals surface area contributed by atoms with Gasteiger partial charge in [-0.05, 0) is 18.2 Å². The highest BCUT2D eigenvalue weighted by molar-refractivity contribution is 7.89. The van der Waals surface area contributed by atoms with Gasteiger partial charge in [0.25, 0.3) is 0 Å². The summed E-state index contributed by atoms with van der Waals surface area (Å²) in [5, 5.41) is 28.8. The van der Waals surface area contributed by atoms with Gasteiger partial charge in [-0.15, -0.1) is 0 Å². The Hall–Kier alpha value is -1.68. The average Bonchev–Trinajstić information content (AvgIpc) is 2.46. The Morgan fingerprint density at radius 1 is 1.29 bits per heavy atom. The second-order valence-electron chi connectivity index (χ2n) is 4.00. The molecular weight excluding hydrogens is 302 g/mol. The van der Waals surface area contributed by atoms with E-state index in [0.29, 0.717) is 0 Å². The number of carbonyl (C=O) groups excluding carboxylic acids is 1. The van der Waals surface area contributed by atoms with Gasteiger partial charge in [0.05, 0.1) is 31.2 Å². The van der Waals surface area contributed by atoms with E-state index in [-0.39, 0.29) is 23.7 Å². The summed E-state index contributed by atoms with van der Waals surface area (Å²) in [5.74, 6) is -1.59. The first-order valence-electron chi connectivity index (χ1n) is 5.99. The van der Waals surface area contributed by atoms with Gasteiger partial charge in [-0.1, -0.05) is 0 Å². The van der Waals surface area contributed by atoms with E-state index < -0.39 is 34.8 Å². The Labute approximate surface area is 122 Å². The highest BCUT2D eigenvalue weighted by atomic mass is 32.2. The first kappa shape index (κ1) is 17.4. The third kappa shape index (κ3) is 3.91. The maximum Gasteiger partial charge on any atom is 0.243 e. The second-order valence-corrected chi connectivity index (χ2v) is 5.94. The van der Waals surface area contributed by atoms with Crippen LogP contribution < -0.4 is 9.84 Å². The van der Waals surface area contributed by atoms with Gasteiger partial charge in [0.1, 0.15) is 5.75 Å². The maximum atomic E-state index is 12.3. The zero-order chi connectivity index (χ0) is 16.0. The normalized spacial score (nSPS) is 11.6. The largest absolute Gasteiger partial charge is 0.545 e. The van der Waals surface area contributed by atoms with Gasteiger partial charge >= 0.3 is 0 Å². The number of nitrogens with zero attached hydrogens (tertiary/aromatic N) is 1. The Balaban J connectivity index is 3.30. The van der Waals surface area contributed by atoms with Crippen LogP contribution in [0.2, 0.25) is 0 Å². The monoisotopic (exact) mass is 318 g/mol. The molecule has 0 amide bonds. The molecule has 1 rings (SSSR count). The molecule has 9 heteroatoms. The molecule has 1 aromatic carbocycles. The highest BCUT2D eigenvalue weighted by Crippen LogP contribution is 2.24. The van der Waals surface area contributed by atoms with E-state index in [1.54, 1.807) is 0 Å². The van der Waals surface area contributed by atoms with E-state index in [1.807, 2.05) is 0 Å². The number of carbonyl (C=O) groups is 1. The van der Waals surface area contributed by atoms with Crippen LogP contribution in [0.15, 0.2) is 23.1 Å². The van der Waals surface area contributed by atoms with Crippen LogP contribution in [0.1, 0.15) is 10.4 Å². The van der Waals surface area contributed by atoms with Crippen LogP contribution in [0.3, 0.4) is 0 Å². The molecule has 0 aliphatic heterocycles. The molecular formula is C12H16NO7S-. The molecule has 1 aromatic rings. The van der Waals surface area contributed by atoms with Crippen LogP contribution in [0.25, 0.3) is 0 Å². The molecule has 0 aromatic heterocycles. The summed E-state index contributed by atoms with van der Waals surface area (Å²) in [6.45, 7) is -1.28. The molecule has 0 bridgehead atoms. The summed E-state index contributed by atoms with van der Waals surface area (Å²) in [4.78, 5) is 10.7. The third-order valence-electron chi connectivity index (χ3n) is 2.73. The molecule has 0 spiro atoms. The molecule has 0 saturated heterocycles.